The molecule has 1 unspecified atom stereocenters. The van der Waals surface area contributed by atoms with Gasteiger partial charge in [-0.05, 0) is 6.07 Å². The number of aromatic nitrogens is 2. The van der Waals surface area contributed by atoms with E-state index >= 15 is 0 Å². The second-order valence-corrected chi connectivity index (χ2v) is 6.01. The molecule has 5 heteroatoms. The summed E-state index contributed by atoms with van der Waals surface area (Å²) in [5, 5.41) is 10.0. The topological polar surface area (TPSA) is 55.1 Å². The predicted molar refractivity (Wildman–Crippen MR) is 75.9 cm³/mol. The highest BCUT2D eigenvalue weighted by molar-refractivity contribution is 6.32. The number of hydrogen-bond acceptors (Lipinski definition) is 3. The zero-order chi connectivity index (χ0) is 14.5. The minimum atomic E-state index is -0.627. The molecule has 3 rings (SSSR count). The molecule has 0 saturated heterocycles. The van der Waals surface area contributed by atoms with E-state index in [1.165, 1.54) is 0 Å². The monoisotopic (exact) mass is 290 g/mol. The highest BCUT2D eigenvalue weighted by atomic mass is 35.5. The molecule has 0 bridgehead atoms. The molecule has 0 saturated carbocycles. The van der Waals surface area contributed by atoms with E-state index in [0.717, 1.165) is 5.56 Å². The van der Waals surface area contributed by atoms with Gasteiger partial charge in [0.25, 0.3) is 0 Å². The number of carbonyl (C=O) groups excluding carboxylic acids is 1. The van der Waals surface area contributed by atoms with Gasteiger partial charge in [-0.2, -0.15) is 0 Å². The SMILES string of the molecule is CC1(C)C(=O)c2cccc(Cl)c2C1n1cncc1CO. The Morgan fingerprint density at radius 1 is 1.45 bits per heavy atom. The largest absolute Gasteiger partial charge is 0.390 e. The third kappa shape index (κ3) is 1.65. The standard InChI is InChI=1S/C15H15ClN2O2/c1-15(2)13(18-8-17-6-9(18)7-19)12-10(14(15)20)4-3-5-11(12)16/h3-6,8,13,19H,7H2,1-2H3. The van der Waals surface area contributed by atoms with E-state index in [-0.39, 0.29) is 18.4 Å². The predicted octanol–water partition coefficient (Wildman–Crippen LogP) is 2.84. The van der Waals surface area contributed by atoms with Crippen LogP contribution < -0.4 is 0 Å². The summed E-state index contributed by atoms with van der Waals surface area (Å²) in [6.45, 7) is 3.68. The Bertz CT molecular complexity index is 691. The number of rotatable bonds is 2. The molecule has 1 aromatic carbocycles. The zero-order valence-corrected chi connectivity index (χ0v) is 12.1. The first-order valence-corrected chi connectivity index (χ1v) is 6.81. The molecule has 1 aromatic heterocycles. The van der Waals surface area contributed by atoms with E-state index in [9.17, 15) is 9.90 Å². The summed E-state index contributed by atoms with van der Waals surface area (Å²) < 4.78 is 1.84. The van der Waals surface area contributed by atoms with E-state index in [1.807, 2.05) is 18.4 Å². The van der Waals surface area contributed by atoms with Crippen molar-refractivity contribution in [2.75, 3.05) is 0 Å². The van der Waals surface area contributed by atoms with Crippen LogP contribution in [-0.2, 0) is 6.61 Å². The smallest absolute Gasteiger partial charge is 0.171 e. The summed E-state index contributed by atoms with van der Waals surface area (Å²) in [6, 6.07) is 5.14. The van der Waals surface area contributed by atoms with Gasteiger partial charge in [0, 0.05) is 16.1 Å². The highest BCUT2D eigenvalue weighted by Crippen LogP contribution is 2.50. The molecule has 1 aliphatic carbocycles. The number of carbonyl (C=O) groups is 1. The van der Waals surface area contributed by atoms with Crippen LogP contribution in [0.2, 0.25) is 5.02 Å². The molecule has 1 atom stereocenters. The Balaban J connectivity index is 2.28. The summed E-state index contributed by atoms with van der Waals surface area (Å²) in [4.78, 5) is 16.7. The lowest BCUT2D eigenvalue weighted by atomic mass is 9.84. The number of Topliss-reactive ketones (excluding diaryl/α,β-unsaturated/α-hetero) is 1. The van der Waals surface area contributed by atoms with Crippen molar-refractivity contribution in [2.24, 2.45) is 5.41 Å². The van der Waals surface area contributed by atoms with Crippen LogP contribution in [0.15, 0.2) is 30.7 Å². The number of imidazole rings is 1. The van der Waals surface area contributed by atoms with Crippen molar-refractivity contribution in [3.8, 4) is 0 Å². The number of halogens is 1. The number of benzene rings is 1. The third-order valence-corrected chi connectivity index (χ3v) is 4.36. The normalized spacial score (nSPS) is 20.2. The minimum absolute atomic E-state index is 0.0672. The molecule has 20 heavy (non-hydrogen) atoms. The Morgan fingerprint density at radius 3 is 2.90 bits per heavy atom. The van der Waals surface area contributed by atoms with E-state index < -0.39 is 5.41 Å². The van der Waals surface area contributed by atoms with Crippen molar-refractivity contribution in [1.82, 2.24) is 9.55 Å². The highest BCUT2D eigenvalue weighted by Gasteiger charge is 2.48. The third-order valence-electron chi connectivity index (χ3n) is 4.03. The zero-order valence-electron chi connectivity index (χ0n) is 11.3. The summed E-state index contributed by atoms with van der Waals surface area (Å²) in [6.07, 6.45) is 3.25. The number of aliphatic hydroxyl groups is 1. The van der Waals surface area contributed by atoms with E-state index in [1.54, 1.807) is 30.7 Å². The number of ketones is 1. The van der Waals surface area contributed by atoms with Crippen molar-refractivity contribution in [2.45, 2.75) is 26.5 Å². The summed E-state index contributed by atoms with van der Waals surface area (Å²) in [5.41, 5.74) is 1.52. The van der Waals surface area contributed by atoms with Gasteiger partial charge in [-0.1, -0.05) is 37.6 Å². The molecule has 4 nitrogen and oxygen atoms in total. The number of hydrogen-bond donors (Lipinski definition) is 1. The van der Waals surface area contributed by atoms with Crippen LogP contribution in [0, 0.1) is 5.41 Å². The first-order valence-electron chi connectivity index (χ1n) is 6.43. The van der Waals surface area contributed by atoms with Gasteiger partial charge in [0.2, 0.25) is 0 Å². The second-order valence-electron chi connectivity index (χ2n) is 5.60. The fraction of sp³-hybridized carbons (Fsp3) is 0.333. The van der Waals surface area contributed by atoms with Crippen molar-refractivity contribution in [3.63, 3.8) is 0 Å². The summed E-state index contributed by atoms with van der Waals surface area (Å²) >= 11 is 6.32. The average Bonchev–Trinajstić information content (AvgIpc) is 2.94. The van der Waals surface area contributed by atoms with Crippen molar-refractivity contribution in [3.05, 3.63) is 52.6 Å². The fourth-order valence-corrected chi connectivity index (χ4v) is 3.30. The number of nitrogens with zero attached hydrogens (tertiary/aromatic N) is 2. The molecule has 1 aliphatic rings. The van der Waals surface area contributed by atoms with Gasteiger partial charge in [-0.3, -0.25) is 4.79 Å². The van der Waals surface area contributed by atoms with Gasteiger partial charge in [-0.15, -0.1) is 0 Å². The number of aliphatic hydroxyl groups excluding tert-OH is 1. The lowest BCUT2D eigenvalue weighted by molar-refractivity contribution is 0.0817. The Morgan fingerprint density at radius 2 is 2.20 bits per heavy atom. The minimum Gasteiger partial charge on any atom is -0.390 e. The van der Waals surface area contributed by atoms with Crippen molar-refractivity contribution in [1.29, 1.82) is 0 Å². The van der Waals surface area contributed by atoms with Crippen molar-refractivity contribution < 1.29 is 9.90 Å². The molecule has 0 aliphatic heterocycles. The van der Waals surface area contributed by atoms with Gasteiger partial charge in [0.15, 0.2) is 5.78 Å². The van der Waals surface area contributed by atoms with Crippen molar-refractivity contribution >= 4 is 17.4 Å². The number of fused-ring (bicyclic) bond motifs is 1. The molecule has 0 fully saturated rings. The molecule has 2 aromatic rings. The quantitative estimate of drug-likeness (QED) is 0.925. The second kappa shape index (κ2) is 4.43. The maximum absolute atomic E-state index is 12.6. The van der Waals surface area contributed by atoms with Gasteiger partial charge in [0.05, 0.1) is 36.3 Å². The van der Waals surface area contributed by atoms with Crippen LogP contribution >= 0.6 is 11.6 Å². The molecule has 0 radical (unpaired) electrons. The Hall–Kier alpha value is -1.65. The van der Waals surface area contributed by atoms with E-state index in [2.05, 4.69) is 4.98 Å². The molecule has 0 spiro atoms. The molecular weight excluding hydrogens is 276 g/mol. The lowest BCUT2D eigenvalue weighted by Crippen LogP contribution is -2.29. The fourth-order valence-electron chi connectivity index (χ4n) is 3.02. The van der Waals surface area contributed by atoms with Gasteiger partial charge in [-0.25, -0.2) is 4.98 Å². The molecule has 1 N–H and O–H groups in total. The van der Waals surface area contributed by atoms with Crippen LogP contribution in [0.25, 0.3) is 0 Å². The molecule has 104 valence electrons. The van der Waals surface area contributed by atoms with Gasteiger partial charge < -0.3 is 9.67 Å². The molecule has 0 amide bonds. The molecule has 1 heterocycles. The summed E-state index contributed by atoms with van der Waals surface area (Å²) in [7, 11) is 0. The lowest BCUT2D eigenvalue weighted by Gasteiger charge is -2.28. The van der Waals surface area contributed by atoms with Crippen LogP contribution in [0.5, 0.6) is 0 Å². The van der Waals surface area contributed by atoms with Crippen LogP contribution in [0.3, 0.4) is 0 Å². The maximum atomic E-state index is 12.6. The van der Waals surface area contributed by atoms with Crippen LogP contribution in [0.1, 0.15) is 41.5 Å². The first kappa shape index (κ1) is 13.3. The Kier molecular flexibility index (Phi) is 2.96. The molecular formula is C15H15ClN2O2. The van der Waals surface area contributed by atoms with Gasteiger partial charge >= 0.3 is 0 Å². The van der Waals surface area contributed by atoms with Crippen LogP contribution in [0.4, 0.5) is 0 Å². The average molecular weight is 291 g/mol. The van der Waals surface area contributed by atoms with Gasteiger partial charge in [0.1, 0.15) is 0 Å². The first-order chi connectivity index (χ1) is 9.48. The van der Waals surface area contributed by atoms with E-state index in [4.69, 9.17) is 11.6 Å². The van der Waals surface area contributed by atoms with Crippen LogP contribution in [-0.4, -0.2) is 20.4 Å². The maximum Gasteiger partial charge on any atom is 0.171 e. The summed E-state index contributed by atoms with van der Waals surface area (Å²) in [5.74, 6) is 0.0672. The Labute approximate surface area is 122 Å². The van der Waals surface area contributed by atoms with E-state index in [0.29, 0.717) is 16.3 Å².